The summed E-state index contributed by atoms with van der Waals surface area (Å²) < 4.78 is 0. The first kappa shape index (κ1) is 15.9. The van der Waals surface area contributed by atoms with E-state index in [0.717, 1.165) is 19.5 Å². The van der Waals surface area contributed by atoms with Crippen LogP contribution >= 0.6 is 0 Å². The Morgan fingerprint density at radius 3 is 2.74 bits per heavy atom. The average molecular weight is 316 g/mol. The topological polar surface area (TPSA) is 65.5 Å². The van der Waals surface area contributed by atoms with Gasteiger partial charge >= 0.3 is 0 Å². The van der Waals surface area contributed by atoms with Crippen LogP contribution in [0.2, 0.25) is 0 Å². The Hall–Kier alpha value is -1.95. The SMILES string of the molecule is CC[C@H](C)[C@@H]1NC(=O)[C@H]2CN(Cc3ccncc3)CCN2C1=O. The van der Waals surface area contributed by atoms with Gasteiger partial charge in [0.15, 0.2) is 0 Å². The van der Waals surface area contributed by atoms with E-state index in [0.29, 0.717) is 13.1 Å². The maximum absolute atomic E-state index is 12.7. The molecule has 6 heteroatoms. The van der Waals surface area contributed by atoms with Gasteiger partial charge in [-0.05, 0) is 23.6 Å². The molecule has 3 atom stereocenters. The van der Waals surface area contributed by atoms with Crippen molar-refractivity contribution in [1.82, 2.24) is 20.1 Å². The van der Waals surface area contributed by atoms with Gasteiger partial charge in [-0.1, -0.05) is 20.3 Å². The van der Waals surface area contributed by atoms with Gasteiger partial charge in [0.2, 0.25) is 11.8 Å². The molecule has 0 spiro atoms. The van der Waals surface area contributed by atoms with Crippen LogP contribution in [0.5, 0.6) is 0 Å². The molecule has 0 radical (unpaired) electrons. The van der Waals surface area contributed by atoms with Gasteiger partial charge in [0.05, 0.1) is 0 Å². The van der Waals surface area contributed by atoms with Gasteiger partial charge in [-0.15, -0.1) is 0 Å². The smallest absolute Gasteiger partial charge is 0.246 e. The number of carbonyl (C=O) groups excluding carboxylic acids is 2. The lowest BCUT2D eigenvalue weighted by molar-refractivity contribution is -0.154. The summed E-state index contributed by atoms with van der Waals surface area (Å²) in [5.41, 5.74) is 1.17. The summed E-state index contributed by atoms with van der Waals surface area (Å²) in [5.74, 6) is 0.226. The molecule has 0 aliphatic carbocycles. The molecule has 0 saturated carbocycles. The van der Waals surface area contributed by atoms with Gasteiger partial charge < -0.3 is 10.2 Å². The summed E-state index contributed by atoms with van der Waals surface area (Å²) in [5, 5.41) is 2.93. The van der Waals surface area contributed by atoms with Crippen LogP contribution < -0.4 is 5.32 Å². The summed E-state index contributed by atoms with van der Waals surface area (Å²) in [6.45, 7) is 6.85. The second-order valence-electron chi connectivity index (χ2n) is 6.51. The van der Waals surface area contributed by atoms with E-state index >= 15 is 0 Å². The monoisotopic (exact) mass is 316 g/mol. The van der Waals surface area contributed by atoms with E-state index in [1.54, 1.807) is 17.3 Å². The van der Waals surface area contributed by atoms with Crippen molar-refractivity contribution in [2.75, 3.05) is 19.6 Å². The summed E-state index contributed by atoms with van der Waals surface area (Å²) in [7, 11) is 0. The number of carbonyl (C=O) groups is 2. The van der Waals surface area contributed by atoms with E-state index in [2.05, 4.69) is 15.2 Å². The number of hydrogen-bond donors (Lipinski definition) is 1. The third-order valence-electron chi connectivity index (χ3n) is 4.98. The van der Waals surface area contributed by atoms with Crippen LogP contribution in [0.4, 0.5) is 0 Å². The first-order valence-electron chi connectivity index (χ1n) is 8.32. The second kappa shape index (κ2) is 6.66. The van der Waals surface area contributed by atoms with Gasteiger partial charge in [0, 0.05) is 38.6 Å². The van der Waals surface area contributed by atoms with Crippen LogP contribution in [0.15, 0.2) is 24.5 Å². The summed E-state index contributed by atoms with van der Waals surface area (Å²) >= 11 is 0. The largest absolute Gasteiger partial charge is 0.342 e. The van der Waals surface area contributed by atoms with Crippen molar-refractivity contribution in [2.45, 2.75) is 38.9 Å². The molecular weight excluding hydrogens is 292 g/mol. The Kier molecular flexibility index (Phi) is 4.61. The summed E-state index contributed by atoms with van der Waals surface area (Å²) in [6.07, 6.45) is 4.43. The number of nitrogens with one attached hydrogen (secondary N) is 1. The summed E-state index contributed by atoms with van der Waals surface area (Å²) in [6, 6.07) is 3.24. The molecule has 0 unspecified atom stereocenters. The molecule has 2 aliphatic rings. The fraction of sp³-hybridized carbons (Fsp3) is 0.588. The molecule has 3 heterocycles. The molecule has 0 aromatic carbocycles. The van der Waals surface area contributed by atoms with Crippen LogP contribution in [0.3, 0.4) is 0 Å². The highest BCUT2D eigenvalue weighted by Crippen LogP contribution is 2.21. The molecule has 2 aliphatic heterocycles. The lowest BCUT2D eigenvalue weighted by atomic mass is 9.93. The highest BCUT2D eigenvalue weighted by molar-refractivity contribution is 5.97. The van der Waals surface area contributed by atoms with Crippen LogP contribution in [0.1, 0.15) is 25.8 Å². The quantitative estimate of drug-likeness (QED) is 0.885. The van der Waals surface area contributed by atoms with E-state index in [4.69, 9.17) is 0 Å². The van der Waals surface area contributed by atoms with Crippen LogP contribution in [-0.2, 0) is 16.1 Å². The molecule has 6 nitrogen and oxygen atoms in total. The van der Waals surface area contributed by atoms with E-state index in [1.165, 1.54) is 5.56 Å². The third-order valence-corrected chi connectivity index (χ3v) is 4.98. The minimum atomic E-state index is -0.365. The van der Waals surface area contributed by atoms with Crippen molar-refractivity contribution in [3.63, 3.8) is 0 Å². The zero-order valence-corrected chi connectivity index (χ0v) is 13.7. The molecule has 1 aromatic heterocycles. The number of pyridine rings is 1. The predicted molar refractivity (Wildman–Crippen MR) is 86.4 cm³/mol. The molecule has 1 N–H and O–H groups in total. The molecule has 124 valence electrons. The molecule has 23 heavy (non-hydrogen) atoms. The minimum absolute atomic E-state index is 0.0191. The van der Waals surface area contributed by atoms with E-state index in [9.17, 15) is 9.59 Å². The molecule has 2 fully saturated rings. The van der Waals surface area contributed by atoms with E-state index in [-0.39, 0.29) is 29.8 Å². The molecule has 2 amide bonds. The lowest BCUT2D eigenvalue weighted by Crippen LogP contribution is -2.70. The van der Waals surface area contributed by atoms with Gasteiger partial charge in [-0.25, -0.2) is 0 Å². The second-order valence-corrected chi connectivity index (χ2v) is 6.51. The number of piperazine rings is 2. The number of aromatic nitrogens is 1. The van der Waals surface area contributed by atoms with Gasteiger partial charge in [0.1, 0.15) is 12.1 Å². The number of amides is 2. The predicted octanol–water partition coefficient (Wildman–Crippen LogP) is 0.639. The zero-order valence-electron chi connectivity index (χ0n) is 13.7. The van der Waals surface area contributed by atoms with Crippen molar-refractivity contribution in [3.8, 4) is 0 Å². The van der Waals surface area contributed by atoms with Crippen molar-refractivity contribution >= 4 is 11.8 Å². The van der Waals surface area contributed by atoms with Gasteiger partial charge in [-0.2, -0.15) is 0 Å². The van der Waals surface area contributed by atoms with Crippen molar-refractivity contribution in [1.29, 1.82) is 0 Å². The highest BCUT2D eigenvalue weighted by Gasteiger charge is 2.44. The Morgan fingerprint density at radius 2 is 2.04 bits per heavy atom. The van der Waals surface area contributed by atoms with Crippen molar-refractivity contribution in [2.24, 2.45) is 5.92 Å². The van der Waals surface area contributed by atoms with Gasteiger partial charge in [0.25, 0.3) is 0 Å². The highest BCUT2D eigenvalue weighted by atomic mass is 16.2. The molecule has 1 aromatic rings. The van der Waals surface area contributed by atoms with E-state index in [1.807, 2.05) is 26.0 Å². The summed E-state index contributed by atoms with van der Waals surface area (Å²) in [4.78, 5) is 33.1. The Bertz CT molecular complexity index is 577. The maximum atomic E-state index is 12.7. The van der Waals surface area contributed by atoms with Crippen molar-refractivity contribution < 1.29 is 9.59 Å². The maximum Gasteiger partial charge on any atom is 0.246 e. The van der Waals surface area contributed by atoms with Crippen LogP contribution in [0, 0.1) is 5.92 Å². The van der Waals surface area contributed by atoms with Crippen LogP contribution in [-0.4, -0.2) is 58.3 Å². The molecule has 0 bridgehead atoms. The van der Waals surface area contributed by atoms with E-state index < -0.39 is 0 Å². The fourth-order valence-corrected chi connectivity index (χ4v) is 3.33. The van der Waals surface area contributed by atoms with Crippen molar-refractivity contribution in [3.05, 3.63) is 30.1 Å². The number of hydrogen-bond acceptors (Lipinski definition) is 4. The minimum Gasteiger partial charge on any atom is -0.342 e. The normalized spacial score (nSPS) is 26.6. The number of fused-ring (bicyclic) bond motifs is 1. The number of nitrogens with zero attached hydrogens (tertiary/aromatic N) is 3. The van der Waals surface area contributed by atoms with Crippen LogP contribution in [0.25, 0.3) is 0 Å². The standard InChI is InChI=1S/C17H24N4O2/c1-3-12(2)15-17(23)21-9-8-20(11-14(21)16(22)19-15)10-13-4-6-18-7-5-13/h4-7,12,14-15H,3,8-11H2,1-2H3,(H,19,22)/t12-,14+,15-/m0/s1. The Balaban J connectivity index is 1.68. The first-order valence-corrected chi connectivity index (χ1v) is 8.32. The molecular formula is C17H24N4O2. The average Bonchev–Trinajstić information content (AvgIpc) is 2.58. The molecule has 2 saturated heterocycles. The van der Waals surface area contributed by atoms with Gasteiger partial charge in [-0.3, -0.25) is 19.5 Å². The Labute approximate surface area is 136 Å². The first-order chi connectivity index (χ1) is 11.1. The Morgan fingerprint density at radius 1 is 1.30 bits per heavy atom. The zero-order chi connectivity index (χ0) is 16.4. The fourth-order valence-electron chi connectivity index (χ4n) is 3.33. The number of rotatable bonds is 4. The third kappa shape index (κ3) is 3.22. The molecule has 3 rings (SSSR count). The lowest BCUT2D eigenvalue weighted by Gasteiger charge is -2.46.